The first-order chi connectivity index (χ1) is 6.81. The average molecular weight is 991 g/mol. The molecule has 0 aliphatic heterocycles. The predicted octanol–water partition coefficient (Wildman–Crippen LogP) is 5.80. The van der Waals surface area contributed by atoms with Crippen molar-refractivity contribution in [1.82, 2.24) is 0 Å². The van der Waals surface area contributed by atoms with E-state index >= 15 is 0 Å². The van der Waals surface area contributed by atoms with Crippen LogP contribution in [-0.4, -0.2) is 81.4 Å². The van der Waals surface area contributed by atoms with Crippen LogP contribution in [0.4, 0.5) is 0 Å². The first-order valence-electron chi connectivity index (χ1n) is 4.48. The average Bonchev–Trinajstić information content (AvgIpc) is 2.19. The summed E-state index contributed by atoms with van der Waals surface area (Å²) < 4.78 is 3.70. The van der Waals surface area contributed by atoms with Crippen molar-refractivity contribution in [3.8, 4) is 0 Å². The molecule has 9 heteroatoms. The Balaban J connectivity index is -0.0000000277. The third-order valence-electron chi connectivity index (χ3n) is 0.689. The predicted molar refractivity (Wildman–Crippen MR) is 118 cm³/mol. The van der Waals surface area contributed by atoms with Crippen LogP contribution in [0.2, 0.25) is 13.4 Å². The van der Waals surface area contributed by atoms with E-state index in [4.69, 9.17) is 0 Å². The minimum absolute atomic E-state index is 0. The molecule has 0 saturated carbocycles. The molecule has 0 saturated heterocycles. The standard InChI is InChI=1S/3C3H6BrTe.3BrH/c3*1-3(4)2-5;;;/h3*3H,2H2,1H3;3*1H. The van der Waals surface area contributed by atoms with E-state index < -0.39 is 0 Å². The molecule has 0 bridgehead atoms. The second-order valence-corrected chi connectivity index (χ2v) is 10.4. The summed E-state index contributed by atoms with van der Waals surface area (Å²) in [6.07, 6.45) is 0. The first kappa shape index (κ1) is 38.7. The van der Waals surface area contributed by atoms with Gasteiger partial charge in [-0.05, 0) is 0 Å². The molecular weight excluding hydrogens is 970 g/mol. The molecule has 0 N–H and O–H groups in total. The molecule has 0 amide bonds. The van der Waals surface area contributed by atoms with Crippen molar-refractivity contribution in [2.75, 3.05) is 0 Å². The van der Waals surface area contributed by atoms with Gasteiger partial charge in [0.05, 0.1) is 0 Å². The molecule has 0 aliphatic rings. The van der Waals surface area contributed by atoms with Crippen molar-refractivity contribution in [1.29, 1.82) is 0 Å². The second kappa shape index (κ2) is 33.8. The Labute approximate surface area is 210 Å². The second-order valence-electron chi connectivity index (χ2n) is 2.84. The van der Waals surface area contributed by atoms with E-state index in [-0.39, 0.29) is 50.9 Å². The van der Waals surface area contributed by atoms with Crippen molar-refractivity contribution in [2.24, 2.45) is 0 Å². The molecule has 3 atom stereocenters. The Morgan fingerprint density at radius 1 is 0.611 bits per heavy atom. The van der Waals surface area contributed by atoms with Crippen LogP contribution in [0, 0.1) is 0 Å². The van der Waals surface area contributed by atoms with Gasteiger partial charge in [-0.25, -0.2) is 0 Å². The molecular formula is C9H21Br6Te3. The quantitative estimate of drug-likeness (QED) is 0.248. The van der Waals surface area contributed by atoms with Gasteiger partial charge in [-0.1, -0.05) is 0 Å². The van der Waals surface area contributed by atoms with E-state index in [9.17, 15) is 0 Å². The molecule has 3 unspecified atom stereocenters. The summed E-state index contributed by atoms with van der Waals surface area (Å²) in [5.41, 5.74) is 0. The number of rotatable bonds is 3. The van der Waals surface area contributed by atoms with Crippen molar-refractivity contribution < 1.29 is 0 Å². The third kappa shape index (κ3) is 68.9. The van der Waals surface area contributed by atoms with E-state index in [0.29, 0.717) is 14.5 Å². The number of halogens is 6. The van der Waals surface area contributed by atoms with Gasteiger partial charge in [-0.3, -0.25) is 0 Å². The summed E-state index contributed by atoms with van der Waals surface area (Å²) in [6.45, 7) is 6.42. The Hall–Kier alpha value is 5.25. The van der Waals surface area contributed by atoms with E-state index in [1.807, 2.05) is 0 Å². The zero-order valence-electron chi connectivity index (χ0n) is 10.4. The zero-order chi connectivity index (χ0) is 12.9. The molecule has 0 nitrogen and oxygen atoms in total. The fourth-order valence-corrected chi connectivity index (χ4v) is 0. The Kier molecular flexibility index (Phi) is 72.6. The molecule has 0 fully saturated rings. The van der Waals surface area contributed by atoms with Gasteiger partial charge in [0, 0.05) is 0 Å². The van der Waals surface area contributed by atoms with Gasteiger partial charge < -0.3 is 0 Å². The van der Waals surface area contributed by atoms with Gasteiger partial charge in [-0.2, -0.15) is 0 Å². The van der Waals surface area contributed by atoms with Gasteiger partial charge in [0.15, 0.2) is 0 Å². The van der Waals surface area contributed by atoms with Crippen LogP contribution in [0.1, 0.15) is 20.8 Å². The van der Waals surface area contributed by atoms with E-state index in [2.05, 4.69) is 135 Å². The van der Waals surface area contributed by atoms with Crippen LogP contribution in [0.15, 0.2) is 0 Å². The van der Waals surface area contributed by atoms with E-state index in [0.717, 1.165) is 0 Å². The van der Waals surface area contributed by atoms with Crippen molar-refractivity contribution in [3.63, 3.8) is 0 Å². The molecule has 3 radical (unpaired) electrons. The molecule has 0 rings (SSSR count). The van der Waals surface area contributed by atoms with Crippen LogP contribution in [-0.2, 0) is 0 Å². The van der Waals surface area contributed by atoms with Gasteiger partial charge in [0.1, 0.15) is 0 Å². The summed E-state index contributed by atoms with van der Waals surface area (Å²) in [4.78, 5) is 2.10. The Bertz CT molecular complexity index is 87.3. The topological polar surface area (TPSA) is 0 Å². The first-order valence-corrected chi connectivity index (χ1v) is 12.2. The maximum atomic E-state index is 3.38. The number of hydrogen-bond donors (Lipinski definition) is 0. The van der Waals surface area contributed by atoms with Crippen LogP contribution < -0.4 is 0 Å². The van der Waals surface area contributed by atoms with Gasteiger partial charge in [-0.15, -0.1) is 50.9 Å². The Morgan fingerprint density at radius 2 is 0.667 bits per heavy atom. The maximum absolute atomic E-state index is 3.38. The fraction of sp³-hybridized carbons (Fsp3) is 1.00. The number of alkyl halides is 3. The normalized spacial score (nSPS) is 12.5. The summed E-state index contributed by atoms with van der Waals surface area (Å²) in [6, 6.07) is 0. The van der Waals surface area contributed by atoms with Gasteiger partial charge >= 0.3 is 163 Å². The molecule has 0 aromatic heterocycles. The van der Waals surface area contributed by atoms with E-state index in [1.54, 1.807) is 0 Å². The van der Waals surface area contributed by atoms with Gasteiger partial charge in [0.2, 0.25) is 0 Å². The van der Waals surface area contributed by atoms with Crippen molar-refractivity contribution >= 4 is 166 Å². The summed E-state index contributed by atoms with van der Waals surface area (Å²) in [7, 11) is 0. The summed E-state index contributed by atoms with van der Waals surface area (Å²) in [5.74, 6) is 0. The molecule has 18 heavy (non-hydrogen) atoms. The molecule has 117 valence electrons. The molecule has 0 aliphatic carbocycles. The minimum atomic E-state index is 0. The fourth-order valence-electron chi connectivity index (χ4n) is 0. The number of hydrogen-bond acceptors (Lipinski definition) is 0. The van der Waals surface area contributed by atoms with Crippen LogP contribution in [0.3, 0.4) is 0 Å². The van der Waals surface area contributed by atoms with E-state index in [1.165, 1.54) is 13.4 Å². The molecule has 0 spiro atoms. The Morgan fingerprint density at radius 3 is 0.667 bits per heavy atom. The van der Waals surface area contributed by atoms with Gasteiger partial charge in [0.25, 0.3) is 0 Å². The summed E-state index contributed by atoms with van der Waals surface area (Å²) >= 11 is 16.4. The zero-order valence-corrected chi connectivity index (χ0v) is 27.3. The summed E-state index contributed by atoms with van der Waals surface area (Å²) in [5, 5.41) is 0. The van der Waals surface area contributed by atoms with Crippen LogP contribution in [0.25, 0.3) is 0 Å². The third-order valence-corrected chi connectivity index (χ3v) is 9.94. The SMILES string of the molecule is Br.Br.Br.CC(Br)C[Te].CC(Br)C[Te].CC(Br)C[Te]. The van der Waals surface area contributed by atoms with Crippen molar-refractivity contribution in [2.45, 2.75) is 48.7 Å². The van der Waals surface area contributed by atoms with Crippen LogP contribution >= 0.6 is 98.7 Å². The van der Waals surface area contributed by atoms with Crippen molar-refractivity contribution in [3.05, 3.63) is 0 Å². The molecule has 0 aromatic rings. The molecule has 0 aromatic carbocycles. The molecule has 0 heterocycles. The van der Waals surface area contributed by atoms with Crippen LogP contribution in [0.5, 0.6) is 0 Å². The monoisotopic (exact) mass is 992 g/mol.